The van der Waals surface area contributed by atoms with Crippen LogP contribution in [0.15, 0.2) is 42.5 Å². The number of benzene rings is 2. The van der Waals surface area contributed by atoms with E-state index < -0.39 is 0 Å². The van der Waals surface area contributed by atoms with Crippen LogP contribution < -0.4 is 4.74 Å². The number of aromatic nitrogens is 1. The van der Waals surface area contributed by atoms with Gasteiger partial charge in [0.05, 0.1) is 23.7 Å². The standard InChI is InChI=1S/C28H32N2O3/c1-4-29(15-16-32-3)17-21-18-33-25-14-8-13-24-26(19(2)30(21)27(24)25)28(31)23-12-7-10-20-9-5-6-11-22(20)23/h6-8,10-14,21H,4-5,9,15-18H2,1-3H3/t21-/m1/s1. The molecular formula is C28H32N2O3. The summed E-state index contributed by atoms with van der Waals surface area (Å²) in [7, 11) is 1.74. The number of carbonyl (C=O) groups excluding carboxylic acids is 1. The Kier molecular flexibility index (Phi) is 6.09. The highest BCUT2D eigenvalue weighted by atomic mass is 16.5. The molecule has 1 aliphatic carbocycles. The van der Waals surface area contributed by atoms with Gasteiger partial charge in [0.2, 0.25) is 0 Å². The van der Waals surface area contributed by atoms with E-state index in [2.05, 4.69) is 47.6 Å². The van der Waals surface area contributed by atoms with Crippen LogP contribution in [-0.4, -0.2) is 55.2 Å². The molecule has 0 saturated heterocycles. The van der Waals surface area contributed by atoms with Crippen molar-refractivity contribution in [1.29, 1.82) is 0 Å². The van der Waals surface area contributed by atoms with Gasteiger partial charge >= 0.3 is 0 Å². The van der Waals surface area contributed by atoms with Crippen LogP contribution in [0.25, 0.3) is 17.0 Å². The molecule has 2 aliphatic rings. The van der Waals surface area contributed by atoms with E-state index in [1.54, 1.807) is 7.11 Å². The summed E-state index contributed by atoms with van der Waals surface area (Å²) in [5.74, 6) is 0.963. The third-order valence-corrected chi connectivity index (χ3v) is 7.09. The number of fused-ring (bicyclic) bond motifs is 1. The molecule has 0 bridgehead atoms. The van der Waals surface area contributed by atoms with Crippen molar-refractivity contribution in [2.45, 2.75) is 32.7 Å². The minimum Gasteiger partial charge on any atom is -0.489 e. The van der Waals surface area contributed by atoms with Crippen LogP contribution in [-0.2, 0) is 11.2 Å². The molecule has 0 spiro atoms. The Morgan fingerprint density at radius 3 is 2.91 bits per heavy atom. The van der Waals surface area contributed by atoms with Gasteiger partial charge in [-0.2, -0.15) is 0 Å². The molecule has 0 unspecified atom stereocenters. The first-order valence-corrected chi connectivity index (χ1v) is 11.9. The minimum atomic E-state index is 0.101. The number of allylic oxidation sites excluding steroid dienone is 1. The summed E-state index contributed by atoms with van der Waals surface area (Å²) in [4.78, 5) is 16.4. The van der Waals surface area contributed by atoms with Crippen LogP contribution in [0.4, 0.5) is 0 Å². The lowest BCUT2D eigenvalue weighted by Gasteiger charge is -2.32. The molecule has 0 radical (unpaired) electrons. The van der Waals surface area contributed by atoms with Gasteiger partial charge in [0.1, 0.15) is 12.4 Å². The highest BCUT2D eigenvalue weighted by Crippen LogP contribution is 2.40. The molecule has 5 heteroatoms. The van der Waals surface area contributed by atoms with Gasteiger partial charge in [0.25, 0.3) is 0 Å². The van der Waals surface area contributed by atoms with Crippen LogP contribution in [0.3, 0.4) is 0 Å². The maximum Gasteiger partial charge on any atom is 0.196 e. The number of rotatable bonds is 8. The first-order chi connectivity index (χ1) is 16.1. The second kappa shape index (κ2) is 9.16. The Labute approximate surface area is 195 Å². The Bertz CT molecular complexity index is 1220. The van der Waals surface area contributed by atoms with Gasteiger partial charge < -0.3 is 14.0 Å². The van der Waals surface area contributed by atoms with Crippen molar-refractivity contribution in [1.82, 2.24) is 9.47 Å². The van der Waals surface area contributed by atoms with E-state index in [9.17, 15) is 4.79 Å². The Morgan fingerprint density at radius 1 is 1.24 bits per heavy atom. The largest absolute Gasteiger partial charge is 0.489 e. The first-order valence-electron chi connectivity index (χ1n) is 11.9. The van der Waals surface area contributed by atoms with Gasteiger partial charge in [0.15, 0.2) is 5.78 Å². The summed E-state index contributed by atoms with van der Waals surface area (Å²) in [6.45, 7) is 8.24. The number of para-hydroxylation sites is 1. The van der Waals surface area contributed by atoms with Crippen molar-refractivity contribution in [3.8, 4) is 5.75 Å². The zero-order chi connectivity index (χ0) is 22.9. The summed E-state index contributed by atoms with van der Waals surface area (Å²) in [5.41, 5.74) is 5.99. The Morgan fingerprint density at radius 2 is 2.09 bits per heavy atom. The molecule has 1 aliphatic heterocycles. The maximum absolute atomic E-state index is 14.0. The minimum absolute atomic E-state index is 0.101. The van der Waals surface area contributed by atoms with Gasteiger partial charge in [-0.25, -0.2) is 0 Å². The molecule has 0 N–H and O–H groups in total. The second-order valence-corrected chi connectivity index (χ2v) is 8.98. The van der Waals surface area contributed by atoms with Crippen molar-refractivity contribution in [2.24, 2.45) is 0 Å². The zero-order valence-electron chi connectivity index (χ0n) is 19.8. The molecule has 172 valence electrons. The van der Waals surface area contributed by atoms with E-state index in [1.807, 2.05) is 24.3 Å². The summed E-state index contributed by atoms with van der Waals surface area (Å²) in [6.07, 6.45) is 6.31. The predicted octanol–water partition coefficient (Wildman–Crippen LogP) is 5.04. The highest BCUT2D eigenvalue weighted by molar-refractivity contribution is 6.19. The van der Waals surface area contributed by atoms with Gasteiger partial charge in [-0.05, 0) is 43.5 Å². The van der Waals surface area contributed by atoms with Crippen LogP contribution in [0.1, 0.15) is 52.1 Å². The molecule has 0 amide bonds. The van der Waals surface area contributed by atoms with Gasteiger partial charge in [0, 0.05) is 36.8 Å². The SMILES string of the molecule is CCN(CCOC)C[C@@H]1COc2cccc3c(C(=O)c4cccc5c4C=CCC5)c(C)n1c23. The van der Waals surface area contributed by atoms with E-state index in [1.165, 1.54) is 5.56 Å². The lowest BCUT2D eigenvalue weighted by atomic mass is 9.89. The number of ketones is 1. The smallest absolute Gasteiger partial charge is 0.196 e. The van der Waals surface area contributed by atoms with Crippen LogP contribution in [0.5, 0.6) is 5.75 Å². The van der Waals surface area contributed by atoms with E-state index >= 15 is 0 Å². The number of likely N-dealkylation sites (N-methyl/N-ethyl adjacent to an activating group) is 1. The maximum atomic E-state index is 14.0. The fraction of sp³-hybridized carbons (Fsp3) is 0.393. The lowest BCUT2D eigenvalue weighted by molar-refractivity contribution is 0.103. The number of ether oxygens (including phenoxy) is 2. The molecule has 33 heavy (non-hydrogen) atoms. The molecule has 1 atom stereocenters. The first kappa shape index (κ1) is 21.9. The number of hydrogen-bond acceptors (Lipinski definition) is 4. The molecule has 3 aromatic rings. The van der Waals surface area contributed by atoms with Crippen LogP contribution >= 0.6 is 0 Å². The van der Waals surface area contributed by atoms with Crippen molar-refractivity contribution in [3.63, 3.8) is 0 Å². The molecule has 2 aromatic carbocycles. The van der Waals surface area contributed by atoms with Crippen LogP contribution in [0, 0.1) is 6.92 Å². The van der Waals surface area contributed by atoms with E-state index in [4.69, 9.17) is 9.47 Å². The van der Waals surface area contributed by atoms with Gasteiger partial charge in [-0.15, -0.1) is 0 Å². The zero-order valence-corrected chi connectivity index (χ0v) is 19.8. The van der Waals surface area contributed by atoms with E-state index in [0.29, 0.717) is 13.2 Å². The van der Waals surface area contributed by atoms with Gasteiger partial charge in [-0.1, -0.05) is 49.4 Å². The molecule has 0 saturated carbocycles. The monoisotopic (exact) mass is 444 g/mol. The molecule has 5 rings (SSSR count). The number of aryl methyl sites for hydroxylation is 1. The van der Waals surface area contributed by atoms with E-state index in [-0.39, 0.29) is 11.8 Å². The van der Waals surface area contributed by atoms with Crippen LogP contribution in [0.2, 0.25) is 0 Å². The third-order valence-electron chi connectivity index (χ3n) is 7.09. The highest BCUT2D eigenvalue weighted by Gasteiger charge is 2.31. The molecule has 5 nitrogen and oxygen atoms in total. The van der Waals surface area contributed by atoms with E-state index in [0.717, 1.165) is 71.5 Å². The summed E-state index contributed by atoms with van der Waals surface area (Å²) in [6, 6.07) is 12.3. The Balaban J connectivity index is 1.61. The summed E-state index contributed by atoms with van der Waals surface area (Å²) >= 11 is 0. The number of methoxy groups -OCH3 is 1. The summed E-state index contributed by atoms with van der Waals surface area (Å²) < 4.78 is 13.9. The van der Waals surface area contributed by atoms with Crippen molar-refractivity contribution < 1.29 is 14.3 Å². The van der Waals surface area contributed by atoms with Crippen molar-refractivity contribution in [2.75, 3.05) is 40.0 Å². The number of hydrogen-bond donors (Lipinski definition) is 0. The summed E-state index contributed by atoms with van der Waals surface area (Å²) in [5, 5.41) is 0.983. The van der Waals surface area contributed by atoms with Gasteiger partial charge in [-0.3, -0.25) is 9.69 Å². The normalized spacial score (nSPS) is 16.8. The second-order valence-electron chi connectivity index (χ2n) is 8.98. The fourth-order valence-electron chi connectivity index (χ4n) is 5.41. The van der Waals surface area contributed by atoms with Crippen molar-refractivity contribution >= 4 is 22.8 Å². The Hall–Kier alpha value is -2.89. The topological polar surface area (TPSA) is 43.7 Å². The average Bonchev–Trinajstić information content (AvgIpc) is 3.16. The molecule has 0 fully saturated rings. The molecular weight excluding hydrogens is 412 g/mol. The number of nitrogens with zero attached hydrogens (tertiary/aromatic N) is 2. The lowest BCUT2D eigenvalue weighted by Crippen LogP contribution is -2.37. The average molecular weight is 445 g/mol. The predicted molar refractivity (Wildman–Crippen MR) is 132 cm³/mol. The number of carbonyl (C=O) groups is 1. The fourth-order valence-corrected chi connectivity index (χ4v) is 5.41. The molecule has 1 aromatic heterocycles. The van der Waals surface area contributed by atoms with Crippen molar-refractivity contribution in [3.05, 3.63) is 70.4 Å². The third kappa shape index (κ3) is 3.79. The quantitative estimate of drug-likeness (QED) is 0.457. The molecule has 2 heterocycles.